The van der Waals surface area contributed by atoms with Crippen LogP contribution < -0.4 is 11.1 Å². The van der Waals surface area contributed by atoms with E-state index in [1.54, 1.807) is 36.4 Å². The number of rotatable bonds is 3. The fourth-order valence-electron chi connectivity index (χ4n) is 1.72. The van der Waals surface area contributed by atoms with E-state index in [9.17, 15) is 4.79 Å². The number of hydrogen-bond donors (Lipinski definition) is 3. The molecule has 0 spiro atoms. The first-order chi connectivity index (χ1) is 10.0. The molecule has 0 aliphatic heterocycles. The van der Waals surface area contributed by atoms with E-state index < -0.39 is 0 Å². The molecule has 6 heteroatoms. The van der Waals surface area contributed by atoms with Gasteiger partial charge < -0.3 is 16.3 Å². The molecule has 0 saturated carbocycles. The minimum absolute atomic E-state index is 0.0235. The normalized spacial score (nSPS) is 11.2. The first kappa shape index (κ1) is 15.1. The average molecular weight is 348 g/mol. The van der Waals surface area contributed by atoms with Gasteiger partial charge in [0, 0.05) is 21.3 Å². The van der Waals surface area contributed by atoms with Crippen molar-refractivity contribution in [1.29, 1.82) is 0 Å². The van der Waals surface area contributed by atoms with Crippen LogP contribution in [-0.4, -0.2) is 17.0 Å². The first-order valence-electron chi connectivity index (χ1n) is 6.16. The van der Waals surface area contributed by atoms with Gasteiger partial charge in [-0.15, -0.1) is 0 Å². The molecule has 2 aromatic carbocycles. The zero-order valence-electron chi connectivity index (χ0n) is 11.3. The van der Waals surface area contributed by atoms with E-state index in [-0.39, 0.29) is 11.7 Å². The van der Waals surface area contributed by atoms with E-state index in [0.29, 0.717) is 16.8 Å². The summed E-state index contributed by atoms with van der Waals surface area (Å²) >= 11 is 3.40. The van der Waals surface area contributed by atoms with Crippen LogP contribution in [0.4, 0.5) is 5.69 Å². The molecule has 0 heterocycles. The van der Waals surface area contributed by atoms with Crippen molar-refractivity contribution in [3.8, 4) is 0 Å². The largest absolute Gasteiger partial charge is 0.409 e. The van der Waals surface area contributed by atoms with Gasteiger partial charge in [0.05, 0.1) is 0 Å². The van der Waals surface area contributed by atoms with E-state index >= 15 is 0 Å². The second-order valence-electron chi connectivity index (χ2n) is 4.48. The number of carbonyl (C=O) groups excluding carboxylic acids is 1. The molecule has 108 valence electrons. The molecule has 0 fully saturated rings. The monoisotopic (exact) mass is 347 g/mol. The Morgan fingerprint density at radius 3 is 2.38 bits per heavy atom. The second-order valence-corrected chi connectivity index (χ2v) is 5.34. The summed E-state index contributed by atoms with van der Waals surface area (Å²) in [5, 5.41) is 14.3. The summed E-state index contributed by atoms with van der Waals surface area (Å²) in [5.41, 5.74) is 8.31. The summed E-state index contributed by atoms with van der Waals surface area (Å²) < 4.78 is 0.887. The summed E-state index contributed by atoms with van der Waals surface area (Å²) in [7, 11) is 0. The zero-order chi connectivity index (χ0) is 15.4. The number of carbonyl (C=O) groups is 1. The van der Waals surface area contributed by atoms with Crippen LogP contribution in [0.25, 0.3) is 0 Å². The van der Waals surface area contributed by atoms with Crippen LogP contribution in [-0.2, 0) is 0 Å². The number of hydrogen-bond acceptors (Lipinski definition) is 3. The second kappa shape index (κ2) is 6.41. The fraction of sp³-hybridized carbons (Fsp3) is 0.0667. The van der Waals surface area contributed by atoms with Crippen molar-refractivity contribution < 1.29 is 10.0 Å². The summed E-state index contributed by atoms with van der Waals surface area (Å²) in [6.07, 6.45) is 0. The molecule has 0 aromatic heterocycles. The molecule has 0 saturated heterocycles. The minimum atomic E-state index is -0.202. The maximum atomic E-state index is 12.1. The van der Waals surface area contributed by atoms with Gasteiger partial charge in [0.25, 0.3) is 5.91 Å². The topological polar surface area (TPSA) is 87.7 Å². The van der Waals surface area contributed by atoms with E-state index in [1.165, 1.54) is 0 Å². The van der Waals surface area contributed by atoms with Gasteiger partial charge in [-0.05, 0) is 48.9 Å². The standard InChI is InChI=1S/C15H14BrN3O2/c1-9-2-3-11(8-13(9)16)15(20)18-12-6-4-10(5-7-12)14(17)19-21/h2-8,21H,1H3,(H2,17,19)(H,18,20). The molecule has 0 aliphatic rings. The third-order valence-corrected chi connectivity index (χ3v) is 3.83. The van der Waals surface area contributed by atoms with Gasteiger partial charge in [-0.3, -0.25) is 4.79 Å². The van der Waals surface area contributed by atoms with Crippen LogP contribution in [0.3, 0.4) is 0 Å². The maximum absolute atomic E-state index is 12.1. The lowest BCUT2D eigenvalue weighted by Crippen LogP contribution is -2.14. The molecule has 0 atom stereocenters. The Morgan fingerprint density at radius 2 is 1.81 bits per heavy atom. The number of aryl methyl sites for hydroxylation is 1. The summed E-state index contributed by atoms with van der Waals surface area (Å²) in [5.74, 6) is -0.178. The number of benzene rings is 2. The smallest absolute Gasteiger partial charge is 0.255 e. The van der Waals surface area contributed by atoms with Crippen LogP contribution in [0.1, 0.15) is 21.5 Å². The molecule has 0 bridgehead atoms. The summed E-state index contributed by atoms with van der Waals surface area (Å²) in [4.78, 5) is 12.1. The van der Waals surface area contributed by atoms with E-state index in [1.807, 2.05) is 13.0 Å². The highest BCUT2D eigenvalue weighted by Gasteiger charge is 2.08. The van der Waals surface area contributed by atoms with Gasteiger partial charge in [0.15, 0.2) is 5.84 Å². The van der Waals surface area contributed by atoms with E-state index in [4.69, 9.17) is 10.9 Å². The Balaban J connectivity index is 2.14. The maximum Gasteiger partial charge on any atom is 0.255 e. The van der Waals surface area contributed by atoms with Crippen molar-refractivity contribution in [1.82, 2.24) is 0 Å². The molecule has 1 amide bonds. The summed E-state index contributed by atoms with van der Waals surface area (Å²) in [6, 6.07) is 12.1. The summed E-state index contributed by atoms with van der Waals surface area (Å²) in [6.45, 7) is 1.96. The number of nitrogens with zero attached hydrogens (tertiary/aromatic N) is 1. The molecule has 2 aromatic rings. The lowest BCUT2D eigenvalue weighted by molar-refractivity contribution is 0.102. The van der Waals surface area contributed by atoms with Crippen molar-refractivity contribution in [2.75, 3.05) is 5.32 Å². The van der Waals surface area contributed by atoms with Gasteiger partial charge in [0.2, 0.25) is 0 Å². The fourth-order valence-corrected chi connectivity index (χ4v) is 2.10. The van der Waals surface area contributed by atoms with Gasteiger partial charge >= 0.3 is 0 Å². The quantitative estimate of drug-likeness (QED) is 0.345. The van der Waals surface area contributed by atoms with E-state index in [2.05, 4.69) is 26.4 Å². The van der Waals surface area contributed by atoms with Crippen LogP contribution in [0.2, 0.25) is 0 Å². The van der Waals surface area contributed by atoms with Crippen molar-refractivity contribution in [3.63, 3.8) is 0 Å². The van der Waals surface area contributed by atoms with Gasteiger partial charge in [-0.2, -0.15) is 0 Å². The molecular formula is C15H14BrN3O2. The number of anilines is 1. The van der Waals surface area contributed by atoms with Gasteiger partial charge in [0.1, 0.15) is 0 Å². The molecule has 0 aliphatic carbocycles. The third kappa shape index (κ3) is 3.61. The number of nitrogens with one attached hydrogen (secondary N) is 1. The van der Waals surface area contributed by atoms with Crippen LogP contribution >= 0.6 is 15.9 Å². The molecule has 0 radical (unpaired) electrons. The lowest BCUT2D eigenvalue weighted by atomic mass is 10.1. The number of oxime groups is 1. The highest BCUT2D eigenvalue weighted by molar-refractivity contribution is 9.10. The molecule has 2 rings (SSSR count). The van der Waals surface area contributed by atoms with E-state index in [0.717, 1.165) is 10.0 Å². The number of amidine groups is 1. The average Bonchev–Trinajstić information content (AvgIpc) is 2.50. The van der Waals surface area contributed by atoms with Crippen LogP contribution in [0, 0.1) is 6.92 Å². The predicted octanol–water partition coefficient (Wildman–Crippen LogP) is 3.10. The zero-order valence-corrected chi connectivity index (χ0v) is 12.9. The van der Waals surface area contributed by atoms with Crippen molar-refractivity contribution >= 4 is 33.4 Å². The van der Waals surface area contributed by atoms with Crippen molar-refractivity contribution in [3.05, 3.63) is 63.6 Å². The number of halogens is 1. The molecule has 5 nitrogen and oxygen atoms in total. The number of amides is 1. The van der Waals surface area contributed by atoms with Crippen molar-refractivity contribution in [2.24, 2.45) is 10.9 Å². The highest BCUT2D eigenvalue weighted by atomic mass is 79.9. The van der Waals surface area contributed by atoms with Crippen molar-refractivity contribution in [2.45, 2.75) is 6.92 Å². The van der Waals surface area contributed by atoms with Gasteiger partial charge in [-0.25, -0.2) is 0 Å². The van der Waals surface area contributed by atoms with Crippen LogP contribution in [0.5, 0.6) is 0 Å². The highest BCUT2D eigenvalue weighted by Crippen LogP contribution is 2.18. The van der Waals surface area contributed by atoms with Crippen LogP contribution in [0.15, 0.2) is 52.1 Å². The molecular weight excluding hydrogens is 334 g/mol. The SMILES string of the molecule is Cc1ccc(C(=O)Nc2ccc(/C(N)=N/O)cc2)cc1Br. The van der Waals surface area contributed by atoms with Gasteiger partial charge in [-0.1, -0.05) is 27.2 Å². The Kier molecular flexibility index (Phi) is 4.59. The lowest BCUT2D eigenvalue weighted by Gasteiger charge is -2.07. The number of nitrogens with two attached hydrogens (primary N) is 1. The third-order valence-electron chi connectivity index (χ3n) is 2.98. The molecule has 4 N–H and O–H groups in total. The first-order valence-corrected chi connectivity index (χ1v) is 6.96. The Labute approximate surface area is 130 Å². The molecule has 21 heavy (non-hydrogen) atoms. The Morgan fingerprint density at radius 1 is 1.19 bits per heavy atom. The predicted molar refractivity (Wildman–Crippen MR) is 85.8 cm³/mol. The minimum Gasteiger partial charge on any atom is -0.409 e. The Bertz CT molecular complexity index is 697. The Hall–Kier alpha value is -2.34. The molecule has 0 unspecified atom stereocenters.